The van der Waals surface area contributed by atoms with Crippen LogP contribution in [-0.4, -0.2) is 30.0 Å². The van der Waals surface area contributed by atoms with Crippen molar-refractivity contribution < 1.29 is 19.1 Å². The van der Waals surface area contributed by atoms with Crippen LogP contribution in [0, 0.1) is 0 Å². The van der Waals surface area contributed by atoms with Gasteiger partial charge in [-0.1, -0.05) is 44.2 Å². The molecule has 0 aliphatic rings. The van der Waals surface area contributed by atoms with Crippen LogP contribution in [0.25, 0.3) is 0 Å². The first-order valence-electron chi connectivity index (χ1n) is 10.7. The second-order valence-corrected chi connectivity index (χ2v) is 7.01. The lowest BCUT2D eigenvalue weighted by Crippen LogP contribution is -2.19. The highest BCUT2D eigenvalue weighted by molar-refractivity contribution is 6.06. The summed E-state index contributed by atoms with van der Waals surface area (Å²) in [5.41, 5.74) is 1.34. The SMILES string of the molecule is CCCOc1ccccc1NC(=O)c1cccc(C(=O)Nc2ccccc2OCCC)n1. The van der Waals surface area contributed by atoms with Crippen LogP contribution in [-0.2, 0) is 0 Å². The number of pyridine rings is 1. The van der Waals surface area contributed by atoms with Crippen LogP contribution in [0.2, 0.25) is 0 Å². The molecule has 0 unspecified atom stereocenters. The fraction of sp³-hybridized carbons (Fsp3) is 0.240. The molecule has 7 nitrogen and oxygen atoms in total. The smallest absolute Gasteiger partial charge is 0.274 e. The van der Waals surface area contributed by atoms with Gasteiger partial charge in [0.1, 0.15) is 22.9 Å². The Hall–Kier alpha value is -3.87. The van der Waals surface area contributed by atoms with E-state index in [2.05, 4.69) is 15.6 Å². The Morgan fingerprint density at radius 3 is 1.56 bits per heavy atom. The summed E-state index contributed by atoms with van der Waals surface area (Å²) in [7, 11) is 0. The summed E-state index contributed by atoms with van der Waals surface area (Å²) in [5, 5.41) is 5.61. The van der Waals surface area contributed by atoms with Crippen molar-refractivity contribution in [3.05, 3.63) is 78.1 Å². The summed E-state index contributed by atoms with van der Waals surface area (Å²) in [4.78, 5) is 29.8. The fourth-order valence-corrected chi connectivity index (χ4v) is 2.88. The normalized spacial score (nSPS) is 10.3. The molecule has 0 radical (unpaired) electrons. The first kappa shape index (κ1) is 22.8. The molecule has 0 bridgehead atoms. The quantitative estimate of drug-likeness (QED) is 0.461. The molecule has 0 aliphatic heterocycles. The van der Waals surface area contributed by atoms with Crippen molar-refractivity contribution in [3.63, 3.8) is 0 Å². The van der Waals surface area contributed by atoms with Gasteiger partial charge in [0.05, 0.1) is 24.6 Å². The van der Waals surface area contributed by atoms with E-state index >= 15 is 0 Å². The van der Waals surface area contributed by atoms with Gasteiger partial charge >= 0.3 is 0 Å². The van der Waals surface area contributed by atoms with E-state index < -0.39 is 11.8 Å². The maximum Gasteiger partial charge on any atom is 0.274 e. The predicted octanol–water partition coefficient (Wildman–Crippen LogP) is 5.16. The van der Waals surface area contributed by atoms with Crippen molar-refractivity contribution in [2.45, 2.75) is 26.7 Å². The third kappa shape index (κ3) is 6.07. The zero-order chi connectivity index (χ0) is 22.8. The van der Waals surface area contributed by atoms with E-state index in [1.165, 1.54) is 0 Å². The summed E-state index contributed by atoms with van der Waals surface area (Å²) < 4.78 is 11.4. The molecule has 0 saturated carbocycles. The molecule has 0 saturated heterocycles. The minimum atomic E-state index is -0.432. The summed E-state index contributed by atoms with van der Waals surface area (Å²) in [6.45, 7) is 5.11. The summed E-state index contributed by atoms with van der Waals surface area (Å²) in [5.74, 6) is 0.304. The molecular formula is C25H27N3O4. The second kappa shape index (κ2) is 11.5. The lowest BCUT2D eigenvalue weighted by molar-refractivity contribution is 0.101. The molecule has 7 heteroatoms. The van der Waals surface area contributed by atoms with Gasteiger partial charge in [0, 0.05) is 0 Å². The van der Waals surface area contributed by atoms with E-state index in [4.69, 9.17) is 9.47 Å². The molecule has 3 rings (SSSR count). The number of carbonyl (C=O) groups excluding carboxylic acids is 2. The topological polar surface area (TPSA) is 89.5 Å². The monoisotopic (exact) mass is 433 g/mol. The fourth-order valence-electron chi connectivity index (χ4n) is 2.88. The van der Waals surface area contributed by atoms with E-state index in [9.17, 15) is 9.59 Å². The number of hydrogen-bond acceptors (Lipinski definition) is 5. The highest BCUT2D eigenvalue weighted by atomic mass is 16.5. The van der Waals surface area contributed by atoms with Gasteiger partial charge in [-0.2, -0.15) is 0 Å². The average Bonchev–Trinajstić information content (AvgIpc) is 2.83. The van der Waals surface area contributed by atoms with Gasteiger partial charge in [0.15, 0.2) is 0 Å². The Bertz CT molecular complexity index is 988. The number of nitrogens with zero attached hydrogens (tertiary/aromatic N) is 1. The summed E-state index contributed by atoms with van der Waals surface area (Å²) in [6, 6.07) is 19.1. The molecule has 3 aromatic rings. The van der Waals surface area contributed by atoms with Gasteiger partial charge < -0.3 is 20.1 Å². The first-order valence-corrected chi connectivity index (χ1v) is 10.7. The van der Waals surface area contributed by atoms with Gasteiger partial charge in [0.25, 0.3) is 11.8 Å². The van der Waals surface area contributed by atoms with Gasteiger partial charge in [-0.15, -0.1) is 0 Å². The summed E-state index contributed by atoms with van der Waals surface area (Å²) >= 11 is 0. The number of anilines is 2. The standard InChI is InChI=1S/C25H27N3O4/c1-3-16-31-22-14-7-5-10-18(22)27-24(29)20-12-9-13-21(26-20)25(30)28-19-11-6-8-15-23(19)32-17-4-2/h5-15H,3-4,16-17H2,1-2H3,(H,27,29)(H,28,30). The highest BCUT2D eigenvalue weighted by Gasteiger charge is 2.15. The summed E-state index contributed by atoms with van der Waals surface area (Å²) in [6.07, 6.45) is 1.71. The van der Waals surface area contributed by atoms with Crippen LogP contribution >= 0.6 is 0 Å². The number of carbonyl (C=O) groups is 2. The van der Waals surface area contributed by atoms with Crippen molar-refractivity contribution in [1.29, 1.82) is 0 Å². The van der Waals surface area contributed by atoms with Crippen LogP contribution in [0.15, 0.2) is 66.7 Å². The molecule has 0 fully saturated rings. The molecule has 32 heavy (non-hydrogen) atoms. The molecule has 2 N–H and O–H groups in total. The Labute approximate surface area is 187 Å². The van der Waals surface area contributed by atoms with Crippen molar-refractivity contribution in [1.82, 2.24) is 4.98 Å². The van der Waals surface area contributed by atoms with Gasteiger partial charge in [-0.05, 0) is 49.2 Å². The van der Waals surface area contributed by atoms with Crippen molar-refractivity contribution >= 4 is 23.2 Å². The number of para-hydroxylation sites is 4. The molecule has 2 aromatic carbocycles. The third-order valence-corrected chi connectivity index (χ3v) is 4.41. The number of amides is 2. The minimum Gasteiger partial charge on any atom is -0.491 e. The van der Waals surface area contributed by atoms with E-state index in [-0.39, 0.29) is 11.4 Å². The highest BCUT2D eigenvalue weighted by Crippen LogP contribution is 2.25. The van der Waals surface area contributed by atoms with Gasteiger partial charge in [-0.3, -0.25) is 9.59 Å². The van der Waals surface area contributed by atoms with E-state index in [0.717, 1.165) is 12.8 Å². The number of aromatic nitrogens is 1. The van der Waals surface area contributed by atoms with E-state index in [1.54, 1.807) is 42.5 Å². The Kier molecular flexibility index (Phi) is 8.20. The maximum absolute atomic E-state index is 12.8. The zero-order valence-electron chi connectivity index (χ0n) is 18.3. The molecule has 1 aromatic heterocycles. The molecule has 1 heterocycles. The number of rotatable bonds is 10. The molecular weight excluding hydrogens is 406 g/mol. The van der Waals surface area contributed by atoms with Gasteiger partial charge in [0.2, 0.25) is 0 Å². The molecule has 0 atom stereocenters. The largest absolute Gasteiger partial charge is 0.491 e. The number of ether oxygens (including phenoxy) is 2. The molecule has 0 aliphatic carbocycles. The van der Waals surface area contributed by atoms with Crippen LogP contribution in [0.3, 0.4) is 0 Å². The minimum absolute atomic E-state index is 0.124. The predicted molar refractivity (Wildman–Crippen MR) is 125 cm³/mol. The lowest BCUT2D eigenvalue weighted by Gasteiger charge is -2.13. The first-order chi connectivity index (χ1) is 15.6. The Morgan fingerprint density at radius 1 is 0.688 bits per heavy atom. The second-order valence-electron chi connectivity index (χ2n) is 7.01. The number of hydrogen-bond donors (Lipinski definition) is 2. The third-order valence-electron chi connectivity index (χ3n) is 4.41. The molecule has 2 amide bonds. The Morgan fingerprint density at radius 2 is 1.12 bits per heavy atom. The Balaban J connectivity index is 1.73. The molecule has 166 valence electrons. The van der Waals surface area contributed by atoms with Crippen molar-refractivity contribution in [3.8, 4) is 11.5 Å². The van der Waals surface area contributed by atoms with Crippen molar-refractivity contribution in [2.75, 3.05) is 23.8 Å². The van der Waals surface area contributed by atoms with E-state index in [1.807, 2.05) is 38.1 Å². The van der Waals surface area contributed by atoms with Crippen LogP contribution in [0.5, 0.6) is 11.5 Å². The van der Waals surface area contributed by atoms with Crippen LogP contribution in [0.4, 0.5) is 11.4 Å². The van der Waals surface area contributed by atoms with E-state index in [0.29, 0.717) is 36.1 Å². The van der Waals surface area contributed by atoms with Crippen molar-refractivity contribution in [2.24, 2.45) is 0 Å². The lowest BCUT2D eigenvalue weighted by atomic mass is 10.2. The van der Waals surface area contributed by atoms with Gasteiger partial charge in [-0.25, -0.2) is 4.98 Å². The zero-order valence-corrected chi connectivity index (χ0v) is 18.3. The maximum atomic E-state index is 12.8. The van der Waals surface area contributed by atoms with Crippen LogP contribution < -0.4 is 20.1 Å². The van der Waals surface area contributed by atoms with Crippen LogP contribution in [0.1, 0.15) is 47.7 Å². The number of nitrogens with one attached hydrogen (secondary N) is 2. The molecule has 0 spiro atoms. The average molecular weight is 434 g/mol. The number of benzene rings is 2.